The van der Waals surface area contributed by atoms with E-state index in [0.717, 1.165) is 0 Å². The summed E-state index contributed by atoms with van der Waals surface area (Å²) in [5, 5.41) is 2.91. The highest BCUT2D eigenvalue weighted by Gasteiger charge is 2.25. The fourth-order valence-electron chi connectivity index (χ4n) is 2.25. The van der Waals surface area contributed by atoms with Crippen molar-refractivity contribution in [2.75, 3.05) is 0 Å². The number of para-hydroxylation sites is 1. The molecule has 0 bridgehead atoms. The van der Waals surface area contributed by atoms with Crippen molar-refractivity contribution in [3.63, 3.8) is 0 Å². The number of carbonyl (C=O) groups is 1. The van der Waals surface area contributed by atoms with E-state index in [1.54, 1.807) is 23.6 Å². The van der Waals surface area contributed by atoms with Gasteiger partial charge in [-0.05, 0) is 39.8 Å². The lowest BCUT2D eigenvalue weighted by Crippen LogP contribution is -2.44. The minimum absolute atomic E-state index is 0.112. The molecule has 21 heavy (non-hydrogen) atoms. The summed E-state index contributed by atoms with van der Waals surface area (Å²) in [5.74, 6) is 0.0214. The molecule has 1 aromatic carbocycles. The van der Waals surface area contributed by atoms with Gasteiger partial charge in [-0.25, -0.2) is 9.37 Å². The highest BCUT2D eigenvalue weighted by molar-refractivity contribution is 6.17. The Hall–Kier alpha value is -1.62. The predicted molar refractivity (Wildman–Crippen MR) is 81.9 cm³/mol. The van der Waals surface area contributed by atoms with Gasteiger partial charge in [0.05, 0.1) is 11.4 Å². The van der Waals surface area contributed by atoms with Crippen LogP contribution < -0.4 is 5.32 Å². The van der Waals surface area contributed by atoms with Crippen LogP contribution in [0.4, 0.5) is 4.39 Å². The Kier molecular flexibility index (Phi) is 4.23. The fraction of sp³-hybridized carbons (Fsp3) is 0.467. The van der Waals surface area contributed by atoms with E-state index in [-0.39, 0.29) is 22.8 Å². The molecule has 0 aliphatic rings. The number of benzene rings is 1. The summed E-state index contributed by atoms with van der Waals surface area (Å²) in [6.45, 7) is 7.48. The molecule has 2 rings (SSSR count). The number of hydrogen-bond acceptors (Lipinski definition) is 2. The summed E-state index contributed by atoms with van der Waals surface area (Å²) in [6.07, 6.45) is 0. The van der Waals surface area contributed by atoms with Crippen LogP contribution in [0.15, 0.2) is 18.2 Å². The number of nitrogens with zero attached hydrogens (tertiary/aromatic N) is 2. The van der Waals surface area contributed by atoms with E-state index in [9.17, 15) is 9.18 Å². The first-order valence-electron chi connectivity index (χ1n) is 6.78. The van der Waals surface area contributed by atoms with Gasteiger partial charge in [0.25, 0.3) is 0 Å². The van der Waals surface area contributed by atoms with Crippen LogP contribution in [-0.2, 0) is 10.7 Å². The number of rotatable bonds is 3. The first-order valence-corrected chi connectivity index (χ1v) is 7.31. The lowest BCUT2D eigenvalue weighted by molar-refractivity contribution is -0.125. The first kappa shape index (κ1) is 15.8. The van der Waals surface area contributed by atoms with Crippen molar-refractivity contribution in [3.05, 3.63) is 29.8 Å². The van der Waals surface area contributed by atoms with E-state index in [1.165, 1.54) is 6.07 Å². The highest BCUT2D eigenvalue weighted by atomic mass is 35.5. The van der Waals surface area contributed by atoms with Crippen molar-refractivity contribution in [3.8, 4) is 0 Å². The third kappa shape index (κ3) is 3.18. The SMILES string of the molecule is CC(C(=O)NC(C)(C)C)n1c(CCl)nc2c(F)cccc21. The zero-order valence-electron chi connectivity index (χ0n) is 12.6. The lowest BCUT2D eigenvalue weighted by atomic mass is 10.1. The molecule has 1 heterocycles. The number of amides is 1. The minimum atomic E-state index is -0.523. The molecule has 1 unspecified atom stereocenters. The summed E-state index contributed by atoms with van der Waals surface area (Å²) in [7, 11) is 0. The van der Waals surface area contributed by atoms with Gasteiger partial charge >= 0.3 is 0 Å². The van der Waals surface area contributed by atoms with E-state index in [1.807, 2.05) is 20.8 Å². The summed E-state index contributed by atoms with van der Waals surface area (Å²) in [5.41, 5.74) is 0.472. The normalized spacial score (nSPS) is 13.4. The maximum Gasteiger partial charge on any atom is 0.243 e. The Bertz CT molecular complexity index is 675. The fourth-order valence-corrected chi connectivity index (χ4v) is 2.44. The monoisotopic (exact) mass is 311 g/mol. The standard InChI is InChI=1S/C15H19ClFN3O/c1-9(14(21)19-15(2,3)4)20-11-7-5-6-10(17)13(11)18-12(20)8-16/h5-7,9H,8H2,1-4H3,(H,19,21). The van der Waals surface area contributed by atoms with Crippen LogP contribution in [0.5, 0.6) is 0 Å². The molecule has 1 amide bonds. The zero-order valence-corrected chi connectivity index (χ0v) is 13.3. The van der Waals surface area contributed by atoms with Crippen molar-refractivity contribution in [2.45, 2.75) is 45.2 Å². The average molecular weight is 312 g/mol. The van der Waals surface area contributed by atoms with Crippen LogP contribution in [0.25, 0.3) is 11.0 Å². The van der Waals surface area contributed by atoms with E-state index in [2.05, 4.69) is 10.3 Å². The zero-order chi connectivity index (χ0) is 15.8. The number of alkyl halides is 1. The Morgan fingerprint density at radius 3 is 2.71 bits per heavy atom. The molecule has 114 valence electrons. The molecular weight excluding hydrogens is 293 g/mol. The molecule has 1 N–H and O–H groups in total. The second-order valence-electron chi connectivity index (χ2n) is 6.05. The number of fused-ring (bicyclic) bond motifs is 1. The maximum absolute atomic E-state index is 13.8. The van der Waals surface area contributed by atoms with Gasteiger partial charge in [0.1, 0.15) is 17.4 Å². The number of halogens is 2. The van der Waals surface area contributed by atoms with Gasteiger partial charge in [0.15, 0.2) is 5.82 Å². The number of aromatic nitrogens is 2. The number of hydrogen-bond donors (Lipinski definition) is 1. The quantitative estimate of drug-likeness (QED) is 0.883. The second-order valence-corrected chi connectivity index (χ2v) is 6.32. The second kappa shape index (κ2) is 5.64. The van der Waals surface area contributed by atoms with E-state index < -0.39 is 11.9 Å². The van der Waals surface area contributed by atoms with Crippen molar-refractivity contribution < 1.29 is 9.18 Å². The third-order valence-corrected chi connectivity index (χ3v) is 3.37. The summed E-state index contributed by atoms with van der Waals surface area (Å²) in [4.78, 5) is 16.6. The molecule has 0 saturated heterocycles. The molecule has 1 aromatic heterocycles. The van der Waals surface area contributed by atoms with Gasteiger partial charge < -0.3 is 9.88 Å². The van der Waals surface area contributed by atoms with Gasteiger partial charge in [-0.3, -0.25) is 4.79 Å². The molecule has 4 nitrogen and oxygen atoms in total. The van der Waals surface area contributed by atoms with Gasteiger partial charge in [-0.2, -0.15) is 0 Å². The molecule has 6 heteroatoms. The van der Waals surface area contributed by atoms with Crippen LogP contribution in [-0.4, -0.2) is 21.0 Å². The van der Waals surface area contributed by atoms with Crippen LogP contribution in [0, 0.1) is 5.82 Å². The molecule has 0 aliphatic carbocycles. The van der Waals surface area contributed by atoms with Gasteiger partial charge in [0.2, 0.25) is 5.91 Å². The van der Waals surface area contributed by atoms with E-state index >= 15 is 0 Å². The molecule has 0 radical (unpaired) electrons. The summed E-state index contributed by atoms with van der Waals surface area (Å²) in [6, 6.07) is 4.16. The Labute approximate surface area is 128 Å². The van der Waals surface area contributed by atoms with Crippen LogP contribution >= 0.6 is 11.6 Å². The first-order chi connectivity index (χ1) is 9.74. The highest BCUT2D eigenvalue weighted by Crippen LogP contribution is 2.24. The lowest BCUT2D eigenvalue weighted by Gasteiger charge is -2.24. The van der Waals surface area contributed by atoms with Gasteiger partial charge in [-0.1, -0.05) is 6.07 Å². The molecule has 0 aliphatic heterocycles. The molecule has 2 aromatic rings. The third-order valence-electron chi connectivity index (χ3n) is 3.13. The van der Waals surface area contributed by atoms with Crippen molar-refractivity contribution >= 4 is 28.5 Å². The van der Waals surface area contributed by atoms with Gasteiger partial charge in [-0.15, -0.1) is 11.6 Å². The van der Waals surface area contributed by atoms with Gasteiger partial charge in [0, 0.05) is 5.54 Å². The topological polar surface area (TPSA) is 46.9 Å². The average Bonchev–Trinajstić information content (AvgIpc) is 2.75. The molecule has 0 saturated carbocycles. The van der Waals surface area contributed by atoms with Crippen molar-refractivity contribution in [1.29, 1.82) is 0 Å². The summed E-state index contributed by atoms with van der Waals surface area (Å²) < 4.78 is 15.5. The minimum Gasteiger partial charge on any atom is -0.350 e. The largest absolute Gasteiger partial charge is 0.350 e. The Morgan fingerprint density at radius 2 is 2.14 bits per heavy atom. The predicted octanol–water partition coefficient (Wildman–Crippen LogP) is 3.39. The number of carbonyl (C=O) groups excluding carboxylic acids is 1. The van der Waals surface area contributed by atoms with E-state index in [4.69, 9.17) is 11.6 Å². The molecule has 1 atom stereocenters. The molecular formula is C15H19ClFN3O. The summed E-state index contributed by atoms with van der Waals surface area (Å²) >= 11 is 5.90. The number of imidazole rings is 1. The van der Waals surface area contributed by atoms with Crippen molar-refractivity contribution in [2.24, 2.45) is 0 Å². The Morgan fingerprint density at radius 1 is 1.48 bits per heavy atom. The van der Waals surface area contributed by atoms with Crippen LogP contribution in [0.3, 0.4) is 0 Å². The van der Waals surface area contributed by atoms with E-state index in [0.29, 0.717) is 11.3 Å². The smallest absolute Gasteiger partial charge is 0.243 e. The van der Waals surface area contributed by atoms with Crippen LogP contribution in [0.2, 0.25) is 0 Å². The van der Waals surface area contributed by atoms with Crippen LogP contribution in [0.1, 0.15) is 39.6 Å². The molecule has 0 fully saturated rings. The Balaban J connectivity index is 2.50. The number of nitrogens with one attached hydrogen (secondary N) is 1. The molecule has 0 spiro atoms. The van der Waals surface area contributed by atoms with Crippen molar-refractivity contribution in [1.82, 2.24) is 14.9 Å². The maximum atomic E-state index is 13.8.